The van der Waals surface area contributed by atoms with Gasteiger partial charge in [0.25, 0.3) is 0 Å². The first-order valence-corrected chi connectivity index (χ1v) is 11.0. The number of nitrogens with one attached hydrogen (secondary N) is 1. The molecule has 0 radical (unpaired) electrons. The van der Waals surface area contributed by atoms with Gasteiger partial charge >= 0.3 is 6.61 Å². The Hall–Kier alpha value is -4.45. The largest absolute Gasteiger partial charge is 0.480 e. The molecular weight excluding hydrogens is 472 g/mol. The Morgan fingerprint density at radius 3 is 2.39 bits per heavy atom. The van der Waals surface area contributed by atoms with Gasteiger partial charge in [-0.15, -0.1) is 5.10 Å². The zero-order valence-electron chi connectivity index (χ0n) is 19.3. The summed E-state index contributed by atoms with van der Waals surface area (Å²) < 4.78 is 37.1. The zero-order chi connectivity index (χ0) is 25.3. The van der Waals surface area contributed by atoms with E-state index in [1.807, 2.05) is 17.6 Å². The lowest BCUT2D eigenvalue weighted by atomic mass is 9.85. The third-order valence-corrected chi connectivity index (χ3v) is 5.83. The number of fused-ring (bicyclic) bond motifs is 1. The van der Waals surface area contributed by atoms with Crippen LogP contribution in [0.2, 0.25) is 0 Å². The first kappa shape index (κ1) is 23.3. The predicted octanol–water partition coefficient (Wildman–Crippen LogP) is 3.53. The van der Waals surface area contributed by atoms with Crippen molar-refractivity contribution in [1.82, 2.24) is 35.2 Å². The summed E-state index contributed by atoms with van der Waals surface area (Å²) in [5.74, 6) is 0.880. The molecule has 0 saturated heterocycles. The lowest BCUT2D eigenvalue weighted by Gasteiger charge is -2.29. The summed E-state index contributed by atoms with van der Waals surface area (Å²) in [5.41, 5.74) is 0.672. The lowest BCUT2D eigenvalue weighted by Crippen LogP contribution is -2.32. The van der Waals surface area contributed by atoms with Crippen molar-refractivity contribution < 1.29 is 23.4 Å². The number of benzene rings is 2. The zero-order valence-corrected chi connectivity index (χ0v) is 19.3. The van der Waals surface area contributed by atoms with Gasteiger partial charge in [0.2, 0.25) is 5.88 Å². The number of aryl methyl sites for hydroxylation is 1. The van der Waals surface area contributed by atoms with E-state index in [9.17, 15) is 13.9 Å². The van der Waals surface area contributed by atoms with Crippen LogP contribution in [-0.2, 0) is 12.1 Å². The van der Waals surface area contributed by atoms with E-state index in [1.165, 1.54) is 31.4 Å². The van der Waals surface area contributed by atoms with Gasteiger partial charge in [-0.2, -0.15) is 13.8 Å². The minimum atomic E-state index is -2.96. The van der Waals surface area contributed by atoms with E-state index in [2.05, 4.69) is 30.3 Å². The van der Waals surface area contributed by atoms with Gasteiger partial charge in [0, 0.05) is 6.54 Å². The number of nitrogens with zero attached hydrogens (tertiary/aromatic N) is 6. The Morgan fingerprint density at radius 1 is 1.06 bits per heavy atom. The molecule has 0 spiro atoms. The summed E-state index contributed by atoms with van der Waals surface area (Å²) in [5, 5.41) is 26.2. The Bertz CT molecular complexity index is 1480. The van der Waals surface area contributed by atoms with Crippen LogP contribution in [-0.4, -0.2) is 54.0 Å². The summed E-state index contributed by atoms with van der Waals surface area (Å²) in [6, 6.07) is 16.6. The fourth-order valence-corrected chi connectivity index (χ4v) is 4.21. The van der Waals surface area contributed by atoms with E-state index in [4.69, 9.17) is 9.72 Å². The van der Waals surface area contributed by atoms with Gasteiger partial charge in [-0.1, -0.05) is 42.5 Å². The van der Waals surface area contributed by atoms with Crippen LogP contribution in [0.4, 0.5) is 8.78 Å². The van der Waals surface area contributed by atoms with E-state index in [1.54, 1.807) is 30.3 Å². The number of H-pyrrole nitrogens is 1. The molecule has 2 aromatic carbocycles. The highest BCUT2D eigenvalue weighted by Crippen LogP contribution is 2.39. The second-order valence-electron chi connectivity index (χ2n) is 7.80. The van der Waals surface area contributed by atoms with Gasteiger partial charge in [0.1, 0.15) is 5.75 Å². The number of halogens is 2. The number of pyridine rings is 1. The van der Waals surface area contributed by atoms with Crippen LogP contribution < -0.4 is 9.47 Å². The number of hydrogen-bond acceptors (Lipinski definition) is 8. The first-order valence-electron chi connectivity index (χ1n) is 11.0. The van der Waals surface area contributed by atoms with Crippen LogP contribution in [0.1, 0.15) is 23.9 Å². The summed E-state index contributed by atoms with van der Waals surface area (Å²) in [6.07, 6.45) is 0. The molecule has 0 aliphatic carbocycles. The number of aromatic nitrogens is 7. The Kier molecular flexibility index (Phi) is 6.02. The number of tetrazole rings is 1. The van der Waals surface area contributed by atoms with Gasteiger partial charge in [-0.3, -0.25) is 0 Å². The van der Waals surface area contributed by atoms with E-state index in [0.717, 1.165) is 0 Å². The molecule has 0 aliphatic rings. The van der Waals surface area contributed by atoms with Gasteiger partial charge in [-0.05, 0) is 46.7 Å². The number of alkyl halides is 2. The predicted molar refractivity (Wildman–Crippen MR) is 125 cm³/mol. The molecular formula is C24H21F2N7O3. The second-order valence-corrected chi connectivity index (χ2v) is 7.80. The molecule has 0 fully saturated rings. The highest BCUT2D eigenvalue weighted by Gasteiger charge is 2.39. The van der Waals surface area contributed by atoms with E-state index in [-0.39, 0.29) is 17.5 Å². The van der Waals surface area contributed by atoms with Gasteiger partial charge in [0.15, 0.2) is 22.9 Å². The average molecular weight is 493 g/mol. The number of hydrogen-bond donors (Lipinski definition) is 2. The molecule has 2 N–H and O–H groups in total. The van der Waals surface area contributed by atoms with Crippen molar-refractivity contribution in [3.05, 3.63) is 77.6 Å². The molecule has 3 heterocycles. The average Bonchev–Trinajstić information content (AvgIpc) is 3.56. The molecule has 10 nitrogen and oxygen atoms in total. The molecule has 184 valence electrons. The quantitative estimate of drug-likeness (QED) is 0.337. The summed E-state index contributed by atoms with van der Waals surface area (Å²) in [4.78, 5) is 9.26. The fourth-order valence-electron chi connectivity index (χ4n) is 4.21. The fraction of sp³-hybridized carbons (Fsp3) is 0.208. The normalized spacial score (nSPS) is 13.2. The number of aromatic amines is 1. The third kappa shape index (κ3) is 3.90. The van der Waals surface area contributed by atoms with Crippen LogP contribution in [0.5, 0.6) is 11.6 Å². The van der Waals surface area contributed by atoms with Gasteiger partial charge < -0.3 is 19.1 Å². The van der Waals surface area contributed by atoms with Crippen LogP contribution >= 0.6 is 0 Å². The van der Waals surface area contributed by atoms with Crippen molar-refractivity contribution in [1.29, 1.82) is 0 Å². The van der Waals surface area contributed by atoms with Crippen LogP contribution in [0, 0.1) is 0 Å². The number of methoxy groups -OCH3 is 1. The van der Waals surface area contributed by atoms with E-state index >= 15 is 0 Å². The minimum absolute atomic E-state index is 0.0233. The molecule has 0 amide bonds. The molecule has 0 bridgehead atoms. The van der Waals surface area contributed by atoms with Crippen molar-refractivity contribution in [3.63, 3.8) is 0 Å². The molecule has 5 rings (SSSR count). The maximum atomic E-state index is 12.7. The Balaban J connectivity index is 1.75. The topological polar surface area (TPSA) is 124 Å². The molecule has 3 aromatic heterocycles. The van der Waals surface area contributed by atoms with E-state index in [0.29, 0.717) is 40.2 Å². The highest BCUT2D eigenvalue weighted by molar-refractivity contribution is 5.80. The third-order valence-electron chi connectivity index (χ3n) is 5.83. The molecule has 12 heteroatoms. The Morgan fingerprint density at radius 2 is 1.78 bits per heavy atom. The number of aliphatic hydroxyl groups is 1. The number of ether oxygens (including phenoxy) is 2. The summed E-state index contributed by atoms with van der Waals surface area (Å²) >= 11 is 0. The standard InChI is InChI=1S/C24H21F2N7O3/c1-3-33-18-13-17(19-29-31-32-30-19)21(35-2)27-20(18)28-22(33)24(34,14-7-5-4-6-8-14)15-9-11-16(12-10-15)36-23(25)26/h4-13,23,34H,3H2,1-2H3,(H,29,30,31,32). The first-order chi connectivity index (χ1) is 17.5. The molecule has 36 heavy (non-hydrogen) atoms. The maximum absolute atomic E-state index is 12.7. The molecule has 5 aromatic rings. The molecule has 1 atom stereocenters. The van der Waals surface area contributed by atoms with Crippen molar-refractivity contribution in [2.24, 2.45) is 0 Å². The smallest absolute Gasteiger partial charge is 0.387 e. The summed E-state index contributed by atoms with van der Waals surface area (Å²) in [7, 11) is 1.47. The van der Waals surface area contributed by atoms with Crippen LogP contribution in [0.3, 0.4) is 0 Å². The van der Waals surface area contributed by atoms with Crippen LogP contribution in [0.25, 0.3) is 22.6 Å². The number of rotatable bonds is 8. The molecule has 0 aliphatic heterocycles. The van der Waals surface area contributed by atoms with Crippen LogP contribution in [0.15, 0.2) is 60.7 Å². The minimum Gasteiger partial charge on any atom is -0.480 e. The van der Waals surface area contributed by atoms with Crippen molar-refractivity contribution in [3.8, 4) is 23.0 Å². The second kappa shape index (κ2) is 9.30. The Labute approximate surface area is 203 Å². The SMILES string of the molecule is CCn1c(C(O)(c2ccccc2)c2ccc(OC(F)F)cc2)nc2nc(OC)c(-c3nnn[nH]3)cc21. The van der Waals surface area contributed by atoms with Gasteiger partial charge in [0.05, 0.1) is 18.2 Å². The summed E-state index contributed by atoms with van der Waals surface area (Å²) in [6.45, 7) is -0.603. The monoisotopic (exact) mass is 493 g/mol. The molecule has 0 saturated carbocycles. The van der Waals surface area contributed by atoms with Crippen molar-refractivity contribution in [2.45, 2.75) is 25.7 Å². The lowest BCUT2D eigenvalue weighted by molar-refractivity contribution is -0.0498. The maximum Gasteiger partial charge on any atom is 0.387 e. The van der Waals surface area contributed by atoms with Gasteiger partial charge in [-0.25, -0.2) is 10.1 Å². The van der Waals surface area contributed by atoms with Crippen molar-refractivity contribution in [2.75, 3.05) is 7.11 Å². The highest BCUT2D eigenvalue weighted by atomic mass is 19.3. The van der Waals surface area contributed by atoms with Crippen molar-refractivity contribution >= 4 is 11.2 Å². The van der Waals surface area contributed by atoms with E-state index < -0.39 is 12.2 Å². The molecule has 1 unspecified atom stereocenters. The number of imidazole rings is 1.